The third kappa shape index (κ3) is 3.37. The SMILES string of the molecule is CCOC(=O)C1CC(OS(=O)(=O)c2ccc(C)cc2)C1. The molecule has 0 spiro atoms. The fraction of sp³-hybridized carbons (Fsp3) is 0.500. The first-order valence-corrected chi connectivity index (χ1v) is 8.00. The predicted molar refractivity (Wildman–Crippen MR) is 72.6 cm³/mol. The van der Waals surface area contributed by atoms with E-state index in [4.69, 9.17) is 8.92 Å². The van der Waals surface area contributed by atoms with Gasteiger partial charge in [0, 0.05) is 0 Å². The van der Waals surface area contributed by atoms with Gasteiger partial charge in [0.25, 0.3) is 10.1 Å². The van der Waals surface area contributed by atoms with Gasteiger partial charge in [-0.1, -0.05) is 17.7 Å². The zero-order valence-corrected chi connectivity index (χ0v) is 12.4. The van der Waals surface area contributed by atoms with E-state index in [0.29, 0.717) is 19.4 Å². The second kappa shape index (κ2) is 5.93. The van der Waals surface area contributed by atoms with E-state index in [9.17, 15) is 13.2 Å². The molecule has 0 radical (unpaired) electrons. The maximum Gasteiger partial charge on any atom is 0.309 e. The van der Waals surface area contributed by atoms with Crippen LogP contribution >= 0.6 is 0 Å². The Bertz CT molecular complexity index is 570. The maximum absolute atomic E-state index is 12.0. The molecule has 2 rings (SSSR count). The van der Waals surface area contributed by atoms with E-state index >= 15 is 0 Å². The van der Waals surface area contributed by atoms with Crippen LogP contribution in [0.2, 0.25) is 0 Å². The molecule has 6 heteroatoms. The standard InChI is InChI=1S/C14H18O5S/c1-3-18-14(15)11-8-12(9-11)19-20(16,17)13-6-4-10(2)5-7-13/h4-7,11-12H,3,8-9H2,1-2H3. The number of hydrogen-bond donors (Lipinski definition) is 0. The average molecular weight is 298 g/mol. The van der Waals surface area contributed by atoms with E-state index in [1.165, 1.54) is 12.1 Å². The van der Waals surface area contributed by atoms with Crippen molar-refractivity contribution in [3.63, 3.8) is 0 Å². The largest absolute Gasteiger partial charge is 0.466 e. The number of ether oxygens (including phenoxy) is 1. The van der Waals surface area contributed by atoms with Gasteiger partial charge in [-0.15, -0.1) is 0 Å². The van der Waals surface area contributed by atoms with E-state index in [1.54, 1.807) is 19.1 Å². The molecule has 5 nitrogen and oxygen atoms in total. The number of carbonyl (C=O) groups excluding carboxylic acids is 1. The van der Waals surface area contributed by atoms with Gasteiger partial charge in [0.15, 0.2) is 0 Å². The minimum absolute atomic E-state index is 0.141. The fourth-order valence-electron chi connectivity index (χ4n) is 2.04. The van der Waals surface area contributed by atoms with E-state index in [1.807, 2.05) is 6.92 Å². The molecule has 20 heavy (non-hydrogen) atoms. The van der Waals surface area contributed by atoms with E-state index in [2.05, 4.69) is 0 Å². The summed E-state index contributed by atoms with van der Waals surface area (Å²) in [6.45, 7) is 3.96. The molecule has 1 aliphatic rings. The minimum Gasteiger partial charge on any atom is -0.466 e. The molecule has 0 heterocycles. The first-order valence-electron chi connectivity index (χ1n) is 6.59. The number of carbonyl (C=O) groups is 1. The first kappa shape index (κ1) is 15.0. The Kier molecular flexibility index (Phi) is 4.45. The summed E-state index contributed by atoms with van der Waals surface area (Å²) in [4.78, 5) is 11.6. The Morgan fingerprint density at radius 3 is 2.40 bits per heavy atom. The lowest BCUT2D eigenvalue weighted by atomic mass is 9.83. The molecule has 0 saturated heterocycles. The number of aryl methyl sites for hydroxylation is 1. The Hall–Kier alpha value is -1.40. The van der Waals surface area contributed by atoms with Gasteiger partial charge in [-0.05, 0) is 38.8 Å². The summed E-state index contributed by atoms with van der Waals surface area (Å²) in [5, 5.41) is 0. The maximum atomic E-state index is 12.0. The lowest BCUT2D eigenvalue weighted by Crippen LogP contribution is -2.38. The molecule has 1 aliphatic carbocycles. The van der Waals surface area contributed by atoms with Gasteiger partial charge in [-0.25, -0.2) is 0 Å². The van der Waals surface area contributed by atoms with Crippen molar-refractivity contribution in [2.45, 2.75) is 37.7 Å². The quantitative estimate of drug-likeness (QED) is 0.614. The highest BCUT2D eigenvalue weighted by Crippen LogP contribution is 2.33. The summed E-state index contributed by atoms with van der Waals surface area (Å²) < 4.78 is 34.0. The smallest absolute Gasteiger partial charge is 0.309 e. The van der Waals surface area contributed by atoms with Crippen LogP contribution in [0.5, 0.6) is 0 Å². The third-order valence-electron chi connectivity index (χ3n) is 3.29. The van der Waals surface area contributed by atoms with Gasteiger partial charge in [0.2, 0.25) is 0 Å². The van der Waals surface area contributed by atoms with Crippen molar-refractivity contribution in [3.8, 4) is 0 Å². The van der Waals surface area contributed by atoms with Crippen LogP contribution < -0.4 is 0 Å². The van der Waals surface area contributed by atoms with E-state index in [0.717, 1.165) is 5.56 Å². The monoisotopic (exact) mass is 298 g/mol. The van der Waals surface area contributed by atoms with Crippen LogP contribution in [0.25, 0.3) is 0 Å². The predicted octanol–water partition coefficient (Wildman–Crippen LogP) is 2.04. The molecule has 0 atom stereocenters. The Morgan fingerprint density at radius 1 is 1.25 bits per heavy atom. The Morgan fingerprint density at radius 2 is 1.85 bits per heavy atom. The number of benzene rings is 1. The van der Waals surface area contributed by atoms with Gasteiger partial charge >= 0.3 is 5.97 Å². The second-order valence-corrected chi connectivity index (χ2v) is 6.48. The molecular formula is C14H18O5S. The van der Waals surface area contributed by atoms with Crippen LogP contribution in [0.4, 0.5) is 0 Å². The normalized spacial score (nSPS) is 22.1. The van der Waals surface area contributed by atoms with Gasteiger partial charge < -0.3 is 4.74 Å². The zero-order chi connectivity index (χ0) is 14.8. The van der Waals surface area contributed by atoms with Gasteiger partial charge in [0.05, 0.1) is 23.5 Å². The van der Waals surface area contributed by atoms with Crippen molar-refractivity contribution >= 4 is 16.1 Å². The Labute approximate surface area is 119 Å². The third-order valence-corrected chi connectivity index (χ3v) is 4.66. The van der Waals surface area contributed by atoms with Gasteiger partial charge in [-0.2, -0.15) is 8.42 Å². The van der Waals surface area contributed by atoms with Crippen LogP contribution in [-0.2, 0) is 23.8 Å². The molecule has 110 valence electrons. The second-order valence-electron chi connectivity index (χ2n) is 4.91. The van der Waals surface area contributed by atoms with Crippen molar-refractivity contribution in [3.05, 3.63) is 29.8 Å². The molecule has 0 amide bonds. The molecule has 0 aromatic heterocycles. The fourth-order valence-corrected chi connectivity index (χ4v) is 3.13. The number of hydrogen-bond acceptors (Lipinski definition) is 5. The number of esters is 1. The van der Waals surface area contributed by atoms with Crippen molar-refractivity contribution in [1.29, 1.82) is 0 Å². The molecule has 1 aromatic carbocycles. The van der Waals surface area contributed by atoms with Crippen LogP contribution in [0.15, 0.2) is 29.2 Å². The summed E-state index contributed by atoms with van der Waals surface area (Å²) in [5.74, 6) is -0.520. The highest BCUT2D eigenvalue weighted by molar-refractivity contribution is 7.86. The molecule has 0 aliphatic heterocycles. The number of rotatable bonds is 5. The van der Waals surface area contributed by atoms with Gasteiger partial charge in [0.1, 0.15) is 0 Å². The Balaban J connectivity index is 1.92. The summed E-state index contributed by atoms with van der Waals surface area (Å²) >= 11 is 0. The van der Waals surface area contributed by atoms with E-state index < -0.39 is 16.2 Å². The van der Waals surface area contributed by atoms with Crippen LogP contribution in [0.1, 0.15) is 25.3 Å². The molecular weight excluding hydrogens is 280 g/mol. The lowest BCUT2D eigenvalue weighted by Gasteiger charge is -2.32. The highest BCUT2D eigenvalue weighted by atomic mass is 32.2. The van der Waals surface area contributed by atoms with Crippen molar-refractivity contribution < 1.29 is 22.1 Å². The van der Waals surface area contributed by atoms with Crippen molar-refractivity contribution in [2.24, 2.45) is 5.92 Å². The van der Waals surface area contributed by atoms with Gasteiger partial charge in [-0.3, -0.25) is 8.98 Å². The molecule has 0 unspecified atom stereocenters. The molecule has 1 saturated carbocycles. The summed E-state index contributed by atoms with van der Waals surface area (Å²) in [6.07, 6.45) is 0.351. The minimum atomic E-state index is -3.75. The summed E-state index contributed by atoms with van der Waals surface area (Å²) in [7, 11) is -3.75. The molecule has 0 N–H and O–H groups in total. The zero-order valence-electron chi connectivity index (χ0n) is 11.5. The summed E-state index contributed by atoms with van der Waals surface area (Å²) in [5.41, 5.74) is 0.981. The van der Waals surface area contributed by atoms with Crippen molar-refractivity contribution in [1.82, 2.24) is 0 Å². The summed E-state index contributed by atoms with van der Waals surface area (Å²) in [6, 6.07) is 6.48. The highest BCUT2D eigenvalue weighted by Gasteiger charge is 2.39. The molecule has 1 aromatic rings. The first-order chi connectivity index (χ1) is 9.42. The molecule has 0 bridgehead atoms. The lowest BCUT2D eigenvalue weighted by molar-refractivity contribution is -0.154. The van der Waals surface area contributed by atoms with Crippen LogP contribution in [0.3, 0.4) is 0 Å². The van der Waals surface area contributed by atoms with Crippen molar-refractivity contribution in [2.75, 3.05) is 6.61 Å². The van der Waals surface area contributed by atoms with Crippen LogP contribution in [0, 0.1) is 12.8 Å². The van der Waals surface area contributed by atoms with Crippen LogP contribution in [-0.4, -0.2) is 27.1 Å². The van der Waals surface area contributed by atoms with E-state index in [-0.39, 0.29) is 16.8 Å². The average Bonchev–Trinajstić information content (AvgIpc) is 2.34. The topological polar surface area (TPSA) is 69.7 Å². The molecule has 1 fully saturated rings.